The van der Waals surface area contributed by atoms with Gasteiger partial charge in [-0.1, -0.05) is 29.8 Å². The van der Waals surface area contributed by atoms with Crippen molar-refractivity contribution >= 4 is 34.1 Å². The lowest BCUT2D eigenvalue weighted by Gasteiger charge is -2.17. The molecule has 2 aromatic carbocycles. The first-order valence-electron chi connectivity index (χ1n) is 7.10. The summed E-state index contributed by atoms with van der Waals surface area (Å²) in [6.45, 7) is 2.46. The third-order valence-corrected chi connectivity index (χ3v) is 4.29. The van der Waals surface area contributed by atoms with E-state index in [-0.39, 0.29) is 5.91 Å². The van der Waals surface area contributed by atoms with Crippen LogP contribution in [0.1, 0.15) is 21.5 Å². The van der Waals surface area contributed by atoms with E-state index in [1.165, 1.54) is 0 Å². The predicted octanol–water partition coefficient (Wildman–Crippen LogP) is 4.36. The molecule has 0 fully saturated rings. The van der Waals surface area contributed by atoms with Gasteiger partial charge < -0.3 is 4.90 Å². The molecule has 0 saturated heterocycles. The molecule has 1 aliphatic heterocycles. The molecule has 3 nitrogen and oxygen atoms in total. The standard InChI is InChI=1S/C18H13ClN2O/c1-11-8-14(19)9-13-10-21(18(22)16(11)13)15-6-2-4-12-5-3-7-20-17(12)15/h2-9H,10H2,1H3. The van der Waals surface area contributed by atoms with Crippen molar-refractivity contribution in [1.82, 2.24) is 4.98 Å². The van der Waals surface area contributed by atoms with Crippen LogP contribution in [0.3, 0.4) is 0 Å². The van der Waals surface area contributed by atoms with Crippen molar-refractivity contribution in [2.45, 2.75) is 13.5 Å². The number of halogens is 1. The normalized spacial score (nSPS) is 13.7. The number of carbonyl (C=O) groups is 1. The Bertz CT molecular complexity index is 915. The zero-order chi connectivity index (χ0) is 15.3. The summed E-state index contributed by atoms with van der Waals surface area (Å²) in [7, 11) is 0. The first kappa shape index (κ1) is 13.3. The Labute approximate surface area is 133 Å². The van der Waals surface area contributed by atoms with E-state index in [2.05, 4.69) is 4.98 Å². The second-order valence-electron chi connectivity index (χ2n) is 5.50. The topological polar surface area (TPSA) is 33.2 Å². The van der Waals surface area contributed by atoms with Gasteiger partial charge in [-0.05, 0) is 42.3 Å². The molecular formula is C18H13ClN2O. The van der Waals surface area contributed by atoms with E-state index in [9.17, 15) is 4.79 Å². The second kappa shape index (κ2) is 4.82. The summed E-state index contributed by atoms with van der Waals surface area (Å²) in [6, 6.07) is 13.5. The maximum Gasteiger partial charge on any atom is 0.259 e. The zero-order valence-electron chi connectivity index (χ0n) is 12.0. The molecule has 3 aromatic rings. The molecule has 0 N–H and O–H groups in total. The number of pyridine rings is 1. The van der Waals surface area contributed by atoms with Gasteiger partial charge in [0.05, 0.1) is 17.7 Å². The highest BCUT2D eigenvalue weighted by Crippen LogP contribution is 2.35. The molecule has 108 valence electrons. The summed E-state index contributed by atoms with van der Waals surface area (Å²) >= 11 is 6.12. The van der Waals surface area contributed by atoms with Crippen LogP contribution in [-0.4, -0.2) is 10.9 Å². The molecule has 1 amide bonds. The van der Waals surface area contributed by atoms with Gasteiger partial charge in [0, 0.05) is 22.2 Å². The van der Waals surface area contributed by atoms with Crippen LogP contribution in [0.25, 0.3) is 10.9 Å². The van der Waals surface area contributed by atoms with E-state index in [0.29, 0.717) is 11.6 Å². The Morgan fingerprint density at radius 1 is 1.18 bits per heavy atom. The van der Waals surface area contributed by atoms with Crippen molar-refractivity contribution in [3.8, 4) is 0 Å². The Morgan fingerprint density at radius 2 is 2.00 bits per heavy atom. The fourth-order valence-electron chi connectivity index (χ4n) is 3.12. The number of aryl methyl sites for hydroxylation is 1. The van der Waals surface area contributed by atoms with Crippen LogP contribution in [0.4, 0.5) is 5.69 Å². The smallest absolute Gasteiger partial charge is 0.259 e. The number of amides is 1. The quantitative estimate of drug-likeness (QED) is 0.669. The fraction of sp³-hybridized carbons (Fsp3) is 0.111. The molecule has 1 aromatic heterocycles. The van der Waals surface area contributed by atoms with Crippen LogP contribution in [0, 0.1) is 6.92 Å². The van der Waals surface area contributed by atoms with E-state index in [4.69, 9.17) is 11.6 Å². The molecule has 22 heavy (non-hydrogen) atoms. The number of para-hydroxylation sites is 1. The molecule has 0 saturated carbocycles. The fourth-order valence-corrected chi connectivity index (χ4v) is 3.42. The summed E-state index contributed by atoms with van der Waals surface area (Å²) in [6.07, 6.45) is 1.75. The third-order valence-electron chi connectivity index (χ3n) is 4.07. The molecule has 0 atom stereocenters. The summed E-state index contributed by atoms with van der Waals surface area (Å²) in [4.78, 5) is 19.1. The molecular weight excluding hydrogens is 296 g/mol. The number of benzene rings is 2. The van der Waals surface area contributed by atoms with Gasteiger partial charge in [-0.15, -0.1) is 0 Å². The lowest BCUT2D eigenvalue weighted by atomic mass is 10.0. The minimum Gasteiger partial charge on any atom is -0.302 e. The first-order chi connectivity index (χ1) is 10.6. The van der Waals surface area contributed by atoms with Crippen molar-refractivity contribution in [2.75, 3.05) is 4.90 Å². The first-order valence-corrected chi connectivity index (χ1v) is 7.47. The lowest BCUT2D eigenvalue weighted by molar-refractivity contribution is 0.0996. The Balaban J connectivity index is 1.88. The van der Waals surface area contributed by atoms with Gasteiger partial charge in [-0.2, -0.15) is 0 Å². The highest BCUT2D eigenvalue weighted by molar-refractivity contribution is 6.31. The van der Waals surface area contributed by atoms with Gasteiger partial charge >= 0.3 is 0 Å². The summed E-state index contributed by atoms with van der Waals surface area (Å²) in [5, 5.41) is 1.69. The number of anilines is 1. The van der Waals surface area contributed by atoms with Crippen LogP contribution >= 0.6 is 11.6 Å². The maximum absolute atomic E-state index is 12.8. The summed E-state index contributed by atoms with van der Waals surface area (Å²) in [5.74, 6) is 0.0160. The van der Waals surface area contributed by atoms with Gasteiger partial charge in [0.2, 0.25) is 0 Å². The number of hydrogen-bond acceptors (Lipinski definition) is 2. The van der Waals surface area contributed by atoms with E-state index < -0.39 is 0 Å². The molecule has 0 unspecified atom stereocenters. The lowest BCUT2D eigenvalue weighted by Crippen LogP contribution is -2.23. The molecule has 0 spiro atoms. The van der Waals surface area contributed by atoms with Crippen molar-refractivity contribution in [2.24, 2.45) is 0 Å². The predicted molar refractivity (Wildman–Crippen MR) is 88.4 cm³/mol. The minimum absolute atomic E-state index is 0.0160. The van der Waals surface area contributed by atoms with Crippen molar-refractivity contribution in [3.63, 3.8) is 0 Å². The molecule has 0 aliphatic carbocycles. The van der Waals surface area contributed by atoms with E-state index in [1.54, 1.807) is 11.1 Å². The largest absolute Gasteiger partial charge is 0.302 e. The molecule has 0 radical (unpaired) electrons. The number of nitrogens with zero attached hydrogens (tertiary/aromatic N) is 2. The van der Waals surface area contributed by atoms with Crippen LogP contribution in [0.15, 0.2) is 48.7 Å². The van der Waals surface area contributed by atoms with E-state index in [0.717, 1.165) is 33.3 Å². The average molecular weight is 309 g/mol. The van der Waals surface area contributed by atoms with Crippen LogP contribution in [-0.2, 0) is 6.54 Å². The number of carbonyl (C=O) groups excluding carboxylic acids is 1. The van der Waals surface area contributed by atoms with Crippen molar-refractivity contribution in [1.29, 1.82) is 0 Å². The monoisotopic (exact) mass is 308 g/mol. The number of aromatic nitrogens is 1. The molecule has 0 bridgehead atoms. The third kappa shape index (κ3) is 1.90. The average Bonchev–Trinajstić information content (AvgIpc) is 2.83. The number of hydrogen-bond donors (Lipinski definition) is 0. The maximum atomic E-state index is 12.8. The molecule has 2 heterocycles. The summed E-state index contributed by atoms with van der Waals surface area (Å²) < 4.78 is 0. The molecule has 1 aliphatic rings. The van der Waals surface area contributed by atoms with Crippen LogP contribution in [0.2, 0.25) is 5.02 Å². The number of rotatable bonds is 1. The van der Waals surface area contributed by atoms with Gasteiger partial charge in [0.1, 0.15) is 0 Å². The van der Waals surface area contributed by atoms with Crippen molar-refractivity contribution < 1.29 is 4.79 Å². The molecule has 4 heteroatoms. The highest BCUT2D eigenvalue weighted by Gasteiger charge is 2.31. The van der Waals surface area contributed by atoms with Gasteiger partial charge in [0.15, 0.2) is 0 Å². The van der Waals surface area contributed by atoms with Crippen LogP contribution in [0.5, 0.6) is 0 Å². The van der Waals surface area contributed by atoms with Gasteiger partial charge in [-0.25, -0.2) is 0 Å². The zero-order valence-corrected chi connectivity index (χ0v) is 12.8. The SMILES string of the molecule is Cc1cc(Cl)cc2c1C(=O)N(c1cccc3cccnc13)C2. The van der Waals surface area contributed by atoms with E-state index >= 15 is 0 Å². The van der Waals surface area contributed by atoms with Crippen molar-refractivity contribution in [3.05, 3.63) is 70.4 Å². The van der Waals surface area contributed by atoms with Gasteiger partial charge in [-0.3, -0.25) is 9.78 Å². The van der Waals surface area contributed by atoms with Gasteiger partial charge in [0.25, 0.3) is 5.91 Å². The highest BCUT2D eigenvalue weighted by atomic mass is 35.5. The summed E-state index contributed by atoms with van der Waals surface area (Å²) in [5.41, 5.74) is 4.34. The number of fused-ring (bicyclic) bond motifs is 2. The van der Waals surface area contributed by atoms with E-state index in [1.807, 2.05) is 49.4 Å². The Morgan fingerprint density at radius 3 is 2.86 bits per heavy atom. The second-order valence-corrected chi connectivity index (χ2v) is 5.94. The van der Waals surface area contributed by atoms with Crippen LogP contribution < -0.4 is 4.90 Å². The minimum atomic E-state index is 0.0160. The Hall–Kier alpha value is -2.39. The Kier molecular flexibility index (Phi) is 2.91. The molecule has 4 rings (SSSR count).